The Morgan fingerprint density at radius 1 is 1.36 bits per heavy atom. The summed E-state index contributed by atoms with van der Waals surface area (Å²) < 4.78 is 0. The Hall–Kier alpha value is -1.13. The Bertz CT molecular complexity index is 554. The molecule has 0 unspecified atom stereocenters. The van der Waals surface area contributed by atoms with Crippen molar-refractivity contribution in [1.82, 2.24) is 4.90 Å². The highest BCUT2D eigenvalue weighted by Crippen LogP contribution is 2.48. The highest BCUT2D eigenvalue weighted by atomic mass is 16.3. The standard InChI is InChI=1S/C24H41NO3/c1-5-6-8-17(2)13-20(26)11-12-21-22-15-18(14-19(22)16-23(21)27)9-7-10-24(28)25(3)4/h11-12,14,17,19-23,26-27H,5-10,13,15-16H2,1-4H3/t17-,19-,20+,21+,22-,23+/m0/s1. The minimum Gasteiger partial charge on any atom is -0.392 e. The zero-order chi connectivity index (χ0) is 20.7. The van der Waals surface area contributed by atoms with Crippen molar-refractivity contribution in [2.75, 3.05) is 14.1 Å². The molecule has 4 heteroatoms. The second kappa shape index (κ2) is 11.2. The van der Waals surface area contributed by atoms with Gasteiger partial charge in [0.2, 0.25) is 5.91 Å². The van der Waals surface area contributed by atoms with Crippen LogP contribution in [0, 0.1) is 23.7 Å². The molecule has 28 heavy (non-hydrogen) atoms. The smallest absolute Gasteiger partial charge is 0.222 e. The Morgan fingerprint density at radius 3 is 2.79 bits per heavy atom. The van der Waals surface area contributed by atoms with E-state index in [0.717, 1.165) is 32.1 Å². The van der Waals surface area contributed by atoms with Crippen LogP contribution >= 0.6 is 0 Å². The molecule has 0 saturated heterocycles. The second-order valence-corrected chi connectivity index (χ2v) is 9.31. The summed E-state index contributed by atoms with van der Waals surface area (Å²) in [6, 6.07) is 0. The van der Waals surface area contributed by atoms with Gasteiger partial charge in [0.25, 0.3) is 0 Å². The third-order valence-corrected chi connectivity index (χ3v) is 6.59. The van der Waals surface area contributed by atoms with Crippen molar-refractivity contribution >= 4 is 5.91 Å². The summed E-state index contributed by atoms with van der Waals surface area (Å²) in [7, 11) is 3.61. The molecule has 1 saturated carbocycles. The molecule has 0 radical (unpaired) electrons. The van der Waals surface area contributed by atoms with E-state index in [-0.39, 0.29) is 17.9 Å². The first kappa shape index (κ1) is 23.2. The van der Waals surface area contributed by atoms with E-state index in [1.807, 2.05) is 6.08 Å². The maximum atomic E-state index is 11.7. The molecule has 0 bridgehead atoms. The van der Waals surface area contributed by atoms with E-state index in [1.54, 1.807) is 19.0 Å². The zero-order valence-corrected chi connectivity index (χ0v) is 18.3. The van der Waals surface area contributed by atoms with Gasteiger partial charge in [0, 0.05) is 26.4 Å². The molecule has 2 aliphatic carbocycles. The minimum absolute atomic E-state index is 0.141. The van der Waals surface area contributed by atoms with Crippen molar-refractivity contribution in [2.45, 2.75) is 83.8 Å². The van der Waals surface area contributed by atoms with Crippen molar-refractivity contribution in [3.8, 4) is 0 Å². The van der Waals surface area contributed by atoms with Crippen LogP contribution < -0.4 is 0 Å². The Morgan fingerprint density at radius 2 is 2.11 bits per heavy atom. The lowest BCUT2D eigenvalue weighted by molar-refractivity contribution is -0.128. The van der Waals surface area contributed by atoms with Crippen molar-refractivity contribution < 1.29 is 15.0 Å². The van der Waals surface area contributed by atoms with E-state index < -0.39 is 6.10 Å². The third kappa shape index (κ3) is 6.73. The molecule has 160 valence electrons. The third-order valence-electron chi connectivity index (χ3n) is 6.59. The molecule has 4 nitrogen and oxygen atoms in total. The predicted molar refractivity (Wildman–Crippen MR) is 115 cm³/mol. The first-order valence-corrected chi connectivity index (χ1v) is 11.3. The molecule has 0 aromatic carbocycles. The fourth-order valence-electron chi connectivity index (χ4n) is 4.90. The lowest BCUT2D eigenvalue weighted by Crippen LogP contribution is -2.21. The molecule has 0 aromatic heterocycles. The maximum Gasteiger partial charge on any atom is 0.222 e. The van der Waals surface area contributed by atoms with Gasteiger partial charge in [0.05, 0.1) is 12.2 Å². The molecule has 0 spiro atoms. The molecular weight excluding hydrogens is 350 g/mol. The number of nitrogens with zero attached hydrogens (tertiary/aromatic N) is 1. The van der Waals surface area contributed by atoms with Crippen molar-refractivity contribution in [1.29, 1.82) is 0 Å². The van der Waals surface area contributed by atoms with Crippen LogP contribution in [0.3, 0.4) is 0 Å². The lowest BCUT2D eigenvalue weighted by atomic mass is 9.88. The van der Waals surface area contributed by atoms with E-state index >= 15 is 0 Å². The predicted octanol–water partition coefficient (Wildman–Crippen LogP) is 4.32. The van der Waals surface area contributed by atoms with Crippen LogP contribution in [0.2, 0.25) is 0 Å². The van der Waals surface area contributed by atoms with Gasteiger partial charge in [-0.2, -0.15) is 0 Å². The largest absolute Gasteiger partial charge is 0.392 e. The van der Waals surface area contributed by atoms with Crippen LogP contribution in [0.5, 0.6) is 0 Å². The van der Waals surface area contributed by atoms with Crippen LogP contribution in [0.25, 0.3) is 0 Å². The molecule has 1 fully saturated rings. The number of amides is 1. The van der Waals surface area contributed by atoms with Crippen LogP contribution in [0.4, 0.5) is 0 Å². The summed E-state index contributed by atoms with van der Waals surface area (Å²) in [5.74, 6) is 1.77. The number of aliphatic hydroxyl groups is 2. The zero-order valence-electron chi connectivity index (χ0n) is 18.3. The monoisotopic (exact) mass is 391 g/mol. The fourth-order valence-corrected chi connectivity index (χ4v) is 4.90. The molecule has 2 aliphatic rings. The van der Waals surface area contributed by atoms with E-state index in [4.69, 9.17) is 0 Å². The Kier molecular flexibility index (Phi) is 9.23. The SMILES string of the molecule is CCCC[C@H](C)C[C@H](O)C=C[C@@H]1[C@H]2CC(CCCC(=O)N(C)C)=C[C@H]2C[C@H]1O. The number of rotatable bonds is 11. The van der Waals surface area contributed by atoms with Gasteiger partial charge in [-0.3, -0.25) is 4.79 Å². The van der Waals surface area contributed by atoms with Gasteiger partial charge in [0.15, 0.2) is 0 Å². The average molecular weight is 392 g/mol. The number of allylic oxidation sites excluding steroid dienone is 2. The Labute approximate surface area is 171 Å². The van der Waals surface area contributed by atoms with Gasteiger partial charge in [-0.25, -0.2) is 0 Å². The molecule has 1 amide bonds. The summed E-state index contributed by atoms with van der Waals surface area (Å²) in [4.78, 5) is 13.4. The van der Waals surface area contributed by atoms with Crippen molar-refractivity contribution in [3.63, 3.8) is 0 Å². The summed E-state index contributed by atoms with van der Waals surface area (Å²) in [5, 5.41) is 20.8. The normalized spacial score (nSPS) is 29.0. The highest BCUT2D eigenvalue weighted by Gasteiger charge is 2.43. The van der Waals surface area contributed by atoms with Crippen LogP contribution in [0.15, 0.2) is 23.8 Å². The number of fused-ring (bicyclic) bond motifs is 1. The van der Waals surface area contributed by atoms with E-state index in [2.05, 4.69) is 26.0 Å². The summed E-state index contributed by atoms with van der Waals surface area (Å²) >= 11 is 0. The lowest BCUT2D eigenvalue weighted by Gasteiger charge is -2.19. The summed E-state index contributed by atoms with van der Waals surface area (Å²) in [6.45, 7) is 4.41. The van der Waals surface area contributed by atoms with E-state index in [1.165, 1.54) is 24.8 Å². The van der Waals surface area contributed by atoms with Crippen molar-refractivity contribution in [2.24, 2.45) is 23.7 Å². The minimum atomic E-state index is -0.413. The first-order valence-electron chi connectivity index (χ1n) is 11.3. The highest BCUT2D eigenvalue weighted by molar-refractivity contribution is 5.75. The van der Waals surface area contributed by atoms with Gasteiger partial charge in [0.1, 0.15) is 0 Å². The molecule has 0 aliphatic heterocycles. The van der Waals surface area contributed by atoms with Gasteiger partial charge < -0.3 is 15.1 Å². The van der Waals surface area contributed by atoms with E-state index in [9.17, 15) is 15.0 Å². The van der Waals surface area contributed by atoms with Gasteiger partial charge in [-0.05, 0) is 49.9 Å². The van der Waals surface area contributed by atoms with Gasteiger partial charge >= 0.3 is 0 Å². The number of unbranched alkanes of at least 4 members (excludes halogenated alkanes) is 1. The van der Waals surface area contributed by atoms with Gasteiger partial charge in [-0.15, -0.1) is 0 Å². The van der Waals surface area contributed by atoms with Gasteiger partial charge in [-0.1, -0.05) is 56.9 Å². The molecule has 2 rings (SSSR count). The first-order chi connectivity index (χ1) is 13.3. The molecule has 2 N–H and O–H groups in total. The number of aliphatic hydroxyl groups excluding tert-OH is 2. The summed E-state index contributed by atoms with van der Waals surface area (Å²) in [5.41, 5.74) is 1.44. The number of carbonyl (C=O) groups is 1. The topological polar surface area (TPSA) is 60.8 Å². The van der Waals surface area contributed by atoms with Crippen molar-refractivity contribution in [3.05, 3.63) is 23.8 Å². The van der Waals surface area contributed by atoms with Crippen LogP contribution in [-0.4, -0.2) is 47.3 Å². The number of carbonyl (C=O) groups excluding carboxylic acids is 1. The quantitative estimate of drug-likeness (QED) is 0.516. The van der Waals surface area contributed by atoms with E-state index in [0.29, 0.717) is 24.2 Å². The molecule has 0 aromatic rings. The number of hydrogen-bond acceptors (Lipinski definition) is 3. The molecule has 6 atom stereocenters. The van der Waals surface area contributed by atoms with Crippen LogP contribution in [0.1, 0.15) is 71.6 Å². The average Bonchev–Trinajstić information content (AvgIpc) is 3.14. The second-order valence-electron chi connectivity index (χ2n) is 9.31. The molecule has 0 heterocycles. The molecular formula is C24H41NO3. The Balaban J connectivity index is 1.80. The van der Waals surface area contributed by atoms with Crippen LogP contribution in [-0.2, 0) is 4.79 Å². The summed E-state index contributed by atoms with van der Waals surface area (Å²) in [6.07, 6.45) is 14.4. The fraction of sp³-hybridized carbons (Fsp3) is 0.792. The maximum absolute atomic E-state index is 11.7. The number of hydrogen-bond donors (Lipinski definition) is 2.